The average Bonchev–Trinajstić information content (AvgIpc) is 2.70. The van der Waals surface area contributed by atoms with E-state index in [0.717, 1.165) is 36.3 Å². The Bertz CT molecular complexity index is 677. The monoisotopic (exact) mass is 367 g/mol. The lowest BCUT2D eigenvalue weighted by Gasteiger charge is -2.21. The van der Waals surface area contributed by atoms with E-state index in [4.69, 9.17) is 9.47 Å². The zero-order chi connectivity index (χ0) is 18.9. The fourth-order valence-corrected chi connectivity index (χ4v) is 3.70. The van der Waals surface area contributed by atoms with Gasteiger partial charge in [0.15, 0.2) is 0 Å². The molecule has 3 nitrogen and oxygen atoms in total. The van der Waals surface area contributed by atoms with Gasteiger partial charge in [-0.1, -0.05) is 50.3 Å². The first-order valence-corrected chi connectivity index (χ1v) is 10.4. The number of para-hydroxylation sites is 1. The zero-order valence-corrected chi connectivity index (χ0v) is 16.7. The topological polar surface area (TPSA) is 30.5 Å². The minimum absolute atomic E-state index is 0.0949. The van der Waals surface area contributed by atoms with E-state index >= 15 is 0 Å². The van der Waals surface area contributed by atoms with Gasteiger partial charge in [-0.3, -0.25) is 0 Å². The van der Waals surface area contributed by atoms with E-state index in [1.54, 1.807) is 0 Å². The number of nitrogens with one attached hydrogen (secondary N) is 1. The van der Waals surface area contributed by atoms with Crippen LogP contribution in [-0.4, -0.2) is 19.3 Å². The quantitative estimate of drug-likeness (QED) is 0.570. The van der Waals surface area contributed by atoms with Crippen LogP contribution in [-0.2, 0) is 0 Å². The van der Waals surface area contributed by atoms with Crippen LogP contribution < -0.4 is 14.8 Å². The highest BCUT2D eigenvalue weighted by Gasteiger charge is 2.13. The Morgan fingerprint density at radius 3 is 2.48 bits per heavy atom. The van der Waals surface area contributed by atoms with E-state index in [-0.39, 0.29) is 6.10 Å². The third kappa shape index (κ3) is 6.50. The Labute approximate surface area is 164 Å². The third-order valence-corrected chi connectivity index (χ3v) is 5.39. The zero-order valence-electron chi connectivity index (χ0n) is 16.7. The molecule has 0 saturated heterocycles. The highest BCUT2D eigenvalue weighted by atomic mass is 16.5. The van der Waals surface area contributed by atoms with Gasteiger partial charge in [-0.2, -0.15) is 0 Å². The summed E-state index contributed by atoms with van der Waals surface area (Å²) in [6.07, 6.45) is 8.27. The molecule has 3 rings (SSSR count). The van der Waals surface area contributed by atoms with Gasteiger partial charge < -0.3 is 14.8 Å². The summed E-state index contributed by atoms with van der Waals surface area (Å²) in [4.78, 5) is 0. The van der Waals surface area contributed by atoms with Crippen LogP contribution in [0.15, 0.2) is 48.5 Å². The SMILES string of the molecule is Cc1ccccc1OC(C)CNc1ccc(OCCC2CCCCC2)cc1. The lowest BCUT2D eigenvalue weighted by atomic mass is 9.87. The number of anilines is 1. The largest absolute Gasteiger partial charge is 0.494 e. The van der Waals surface area contributed by atoms with Crippen LogP contribution in [0.4, 0.5) is 5.69 Å². The lowest BCUT2D eigenvalue weighted by Crippen LogP contribution is -2.22. The summed E-state index contributed by atoms with van der Waals surface area (Å²) in [5.41, 5.74) is 2.26. The summed E-state index contributed by atoms with van der Waals surface area (Å²) in [6, 6.07) is 16.4. The van der Waals surface area contributed by atoms with Gasteiger partial charge >= 0.3 is 0 Å². The van der Waals surface area contributed by atoms with Crippen molar-refractivity contribution in [2.75, 3.05) is 18.5 Å². The van der Waals surface area contributed by atoms with Crippen LogP contribution in [0, 0.1) is 12.8 Å². The second-order valence-electron chi connectivity index (χ2n) is 7.74. The summed E-state index contributed by atoms with van der Waals surface area (Å²) in [7, 11) is 0. The highest BCUT2D eigenvalue weighted by Crippen LogP contribution is 2.26. The number of hydrogen-bond acceptors (Lipinski definition) is 3. The second kappa shape index (κ2) is 10.2. The Kier molecular flexibility index (Phi) is 7.44. The molecule has 1 aliphatic carbocycles. The molecule has 1 fully saturated rings. The predicted molar refractivity (Wildman–Crippen MR) is 113 cm³/mol. The van der Waals surface area contributed by atoms with E-state index in [0.29, 0.717) is 0 Å². The first-order valence-electron chi connectivity index (χ1n) is 10.4. The Balaban J connectivity index is 1.37. The molecule has 3 heteroatoms. The summed E-state index contributed by atoms with van der Waals surface area (Å²) < 4.78 is 11.9. The van der Waals surface area contributed by atoms with Gasteiger partial charge in [0.2, 0.25) is 0 Å². The van der Waals surface area contributed by atoms with Crippen molar-refractivity contribution in [3.8, 4) is 11.5 Å². The average molecular weight is 368 g/mol. The molecule has 146 valence electrons. The molecule has 0 amide bonds. The van der Waals surface area contributed by atoms with Crippen molar-refractivity contribution in [2.45, 2.75) is 58.5 Å². The van der Waals surface area contributed by atoms with Crippen LogP contribution in [0.25, 0.3) is 0 Å². The van der Waals surface area contributed by atoms with Crippen molar-refractivity contribution in [3.63, 3.8) is 0 Å². The van der Waals surface area contributed by atoms with Crippen LogP contribution in [0.3, 0.4) is 0 Å². The molecule has 0 radical (unpaired) electrons. The maximum Gasteiger partial charge on any atom is 0.122 e. The van der Waals surface area contributed by atoms with Gasteiger partial charge in [0.1, 0.15) is 17.6 Å². The molecule has 2 aromatic carbocycles. The van der Waals surface area contributed by atoms with E-state index in [1.165, 1.54) is 44.1 Å². The normalized spacial score (nSPS) is 15.9. The van der Waals surface area contributed by atoms with E-state index in [1.807, 2.05) is 18.2 Å². The smallest absolute Gasteiger partial charge is 0.122 e. The van der Waals surface area contributed by atoms with Crippen LogP contribution in [0.5, 0.6) is 11.5 Å². The van der Waals surface area contributed by atoms with E-state index < -0.39 is 0 Å². The molecular formula is C24H33NO2. The van der Waals surface area contributed by atoms with Crippen molar-refractivity contribution in [1.82, 2.24) is 0 Å². The summed E-state index contributed by atoms with van der Waals surface area (Å²) >= 11 is 0. The second-order valence-corrected chi connectivity index (χ2v) is 7.74. The van der Waals surface area contributed by atoms with Crippen molar-refractivity contribution in [3.05, 3.63) is 54.1 Å². The fraction of sp³-hybridized carbons (Fsp3) is 0.500. The molecule has 0 spiro atoms. The Hall–Kier alpha value is -2.16. The summed E-state index contributed by atoms with van der Waals surface area (Å²) in [6.45, 7) is 5.75. The fourth-order valence-electron chi connectivity index (χ4n) is 3.70. The first-order chi connectivity index (χ1) is 13.2. The van der Waals surface area contributed by atoms with Gasteiger partial charge in [-0.15, -0.1) is 0 Å². The van der Waals surface area contributed by atoms with Crippen molar-refractivity contribution in [2.24, 2.45) is 5.92 Å². The maximum atomic E-state index is 6.01. The molecule has 1 aliphatic rings. The van der Waals surface area contributed by atoms with Gasteiger partial charge in [-0.05, 0) is 62.1 Å². The van der Waals surface area contributed by atoms with Crippen LogP contribution in [0.2, 0.25) is 0 Å². The molecule has 0 heterocycles. The van der Waals surface area contributed by atoms with Gasteiger partial charge in [0.05, 0.1) is 13.2 Å². The number of hydrogen-bond donors (Lipinski definition) is 1. The van der Waals surface area contributed by atoms with Gasteiger partial charge in [0, 0.05) is 5.69 Å². The number of rotatable bonds is 9. The minimum atomic E-state index is 0.0949. The molecule has 0 bridgehead atoms. The molecule has 1 N–H and O–H groups in total. The molecule has 0 aliphatic heterocycles. The summed E-state index contributed by atoms with van der Waals surface area (Å²) in [5, 5.41) is 3.44. The highest BCUT2D eigenvalue weighted by molar-refractivity contribution is 5.46. The minimum Gasteiger partial charge on any atom is -0.494 e. The number of ether oxygens (including phenoxy) is 2. The van der Waals surface area contributed by atoms with Crippen molar-refractivity contribution < 1.29 is 9.47 Å². The van der Waals surface area contributed by atoms with E-state index in [2.05, 4.69) is 49.5 Å². The number of aryl methyl sites for hydroxylation is 1. The van der Waals surface area contributed by atoms with Gasteiger partial charge in [-0.25, -0.2) is 0 Å². The molecule has 27 heavy (non-hydrogen) atoms. The Morgan fingerprint density at radius 1 is 1.00 bits per heavy atom. The summed E-state index contributed by atoms with van der Waals surface area (Å²) in [5.74, 6) is 2.78. The van der Waals surface area contributed by atoms with Crippen LogP contribution >= 0.6 is 0 Å². The standard InChI is InChI=1S/C24H33NO2/c1-19-8-6-7-11-24(19)27-20(2)18-25-22-12-14-23(15-13-22)26-17-16-21-9-4-3-5-10-21/h6-8,11-15,20-21,25H,3-5,9-10,16-18H2,1-2H3. The first kappa shape index (κ1) is 19.6. The molecule has 1 unspecified atom stereocenters. The molecule has 1 atom stereocenters. The van der Waals surface area contributed by atoms with Gasteiger partial charge in [0.25, 0.3) is 0 Å². The molecule has 2 aromatic rings. The lowest BCUT2D eigenvalue weighted by molar-refractivity contribution is 0.233. The van der Waals surface area contributed by atoms with Crippen LogP contribution in [0.1, 0.15) is 51.0 Å². The third-order valence-electron chi connectivity index (χ3n) is 5.39. The van der Waals surface area contributed by atoms with E-state index in [9.17, 15) is 0 Å². The maximum absolute atomic E-state index is 6.01. The molecular weight excluding hydrogens is 334 g/mol. The molecule has 1 saturated carbocycles. The van der Waals surface area contributed by atoms with Crippen molar-refractivity contribution in [1.29, 1.82) is 0 Å². The Morgan fingerprint density at radius 2 is 1.74 bits per heavy atom. The predicted octanol–water partition coefficient (Wildman–Crippen LogP) is 6.22. The molecule has 0 aromatic heterocycles. The van der Waals surface area contributed by atoms with Crippen molar-refractivity contribution >= 4 is 5.69 Å². The number of benzene rings is 2.